The Morgan fingerprint density at radius 3 is 2.67 bits per heavy atom. The van der Waals surface area contributed by atoms with Crippen LogP contribution in [-0.4, -0.2) is 5.11 Å². The fourth-order valence-corrected chi connectivity index (χ4v) is 1.23. The van der Waals surface area contributed by atoms with Crippen LogP contribution in [0.5, 0.6) is 5.75 Å². The molecule has 0 aliphatic rings. The van der Waals surface area contributed by atoms with Gasteiger partial charge in [-0.15, -0.1) is 19.0 Å². The van der Waals surface area contributed by atoms with Crippen molar-refractivity contribution in [1.82, 2.24) is 0 Å². The molecule has 0 saturated heterocycles. The normalized spacial score (nSPS) is 11.6. The van der Waals surface area contributed by atoms with Crippen LogP contribution in [0.25, 0.3) is 0 Å². The summed E-state index contributed by atoms with van der Waals surface area (Å²) in [6.07, 6.45) is 2.06. The second-order valence-electron chi connectivity index (χ2n) is 3.06. The fourth-order valence-electron chi connectivity index (χ4n) is 1.23. The standard InChI is InChI=1S/C10H13FN2O.ClH/c1-2-3-8(12)7-4-6(11)5-9(13)10(7)14;/h2,4-5,8,14H,1,3,12-13H2;1H/t8-;/m1./s1. The number of phenolic OH excluding ortho intramolecular Hbond substituents is 1. The Hall–Kier alpha value is -1.26. The number of aromatic hydroxyl groups is 1. The van der Waals surface area contributed by atoms with Gasteiger partial charge in [0.2, 0.25) is 0 Å². The smallest absolute Gasteiger partial charge is 0.143 e. The van der Waals surface area contributed by atoms with Gasteiger partial charge in [0.05, 0.1) is 5.69 Å². The van der Waals surface area contributed by atoms with E-state index in [1.807, 2.05) is 0 Å². The van der Waals surface area contributed by atoms with E-state index in [0.29, 0.717) is 12.0 Å². The molecule has 0 radical (unpaired) electrons. The van der Waals surface area contributed by atoms with Crippen LogP contribution in [0.15, 0.2) is 24.8 Å². The lowest BCUT2D eigenvalue weighted by Gasteiger charge is -2.13. The number of rotatable bonds is 3. The molecule has 84 valence electrons. The third kappa shape index (κ3) is 3.11. The van der Waals surface area contributed by atoms with Gasteiger partial charge in [-0.1, -0.05) is 6.08 Å². The average molecular weight is 233 g/mol. The van der Waals surface area contributed by atoms with Crippen LogP contribution in [0.2, 0.25) is 0 Å². The SMILES string of the molecule is C=CC[C@@H](N)c1cc(F)cc(N)c1O.Cl. The Bertz CT molecular complexity index is 358. The number of nitrogen functional groups attached to an aromatic ring is 1. The van der Waals surface area contributed by atoms with Crippen LogP contribution in [0.4, 0.5) is 10.1 Å². The highest BCUT2D eigenvalue weighted by atomic mass is 35.5. The maximum absolute atomic E-state index is 12.9. The summed E-state index contributed by atoms with van der Waals surface area (Å²) in [4.78, 5) is 0. The Balaban J connectivity index is 0.00000196. The van der Waals surface area contributed by atoms with E-state index in [4.69, 9.17) is 11.5 Å². The number of phenols is 1. The molecule has 0 amide bonds. The molecule has 5 heteroatoms. The molecule has 1 aromatic rings. The Morgan fingerprint density at radius 1 is 1.53 bits per heavy atom. The second-order valence-corrected chi connectivity index (χ2v) is 3.06. The minimum Gasteiger partial charge on any atom is -0.505 e. The molecule has 0 heterocycles. The first kappa shape index (κ1) is 13.7. The molecule has 3 nitrogen and oxygen atoms in total. The van der Waals surface area contributed by atoms with Crippen LogP contribution in [0, 0.1) is 5.82 Å². The van der Waals surface area contributed by atoms with E-state index in [1.54, 1.807) is 6.08 Å². The Morgan fingerprint density at radius 2 is 2.13 bits per heavy atom. The van der Waals surface area contributed by atoms with E-state index < -0.39 is 11.9 Å². The van der Waals surface area contributed by atoms with E-state index in [9.17, 15) is 9.50 Å². The first-order chi connectivity index (χ1) is 6.56. The van der Waals surface area contributed by atoms with Crippen LogP contribution >= 0.6 is 12.4 Å². The molecule has 0 bridgehead atoms. The van der Waals surface area contributed by atoms with Gasteiger partial charge in [0.25, 0.3) is 0 Å². The first-order valence-electron chi connectivity index (χ1n) is 4.20. The lowest BCUT2D eigenvalue weighted by atomic mass is 10.0. The number of benzene rings is 1. The molecule has 0 aliphatic carbocycles. The quantitative estimate of drug-likeness (QED) is 0.425. The first-order valence-corrected chi connectivity index (χ1v) is 4.20. The van der Waals surface area contributed by atoms with E-state index in [0.717, 1.165) is 6.07 Å². The highest BCUT2D eigenvalue weighted by Crippen LogP contribution is 2.31. The van der Waals surface area contributed by atoms with Gasteiger partial charge in [-0.2, -0.15) is 0 Å². The van der Waals surface area contributed by atoms with Crippen molar-refractivity contribution in [2.24, 2.45) is 5.73 Å². The van der Waals surface area contributed by atoms with Crippen molar-refractivity contribution in [3.8, 4) is 5.75 Å². The van der Waals surface area contributed by atoms with Gasteiger partial charge in [-0.3, -0.25) is 0 Å². The van der Waals surface area contributed by atoms with Crippen LogP contribution in [0.1, 0.15) is 18.0 Å². The summed E-state index contributed by atoms with van der Waals surface area (Å²) in [5, 5.41) is 9.51. The van der Waals surface area contributed by atoms with Gasteiger partial charge >= 0.3 is 0 Å². The topological polar surface area (TPSA) is 72.3 Å². The largest absolute Gasteiger partial charge is 0.505 e. The zero-order chi connectivity index (χ0) is 10.7. The molecular formula is C10H14ClFN2O. The van der Waals surface area contributed by atoms with Crippen LogP contribution in [-0.2, 0) is 0 Å². The summed E-state index contributed by atoms with van der Waals surface area (Å²) in [5.74, 6) is -0.657. The summed E-state index contributed by atoms with van der Waals surface area (Å²) in [6.45, 7) is 3.51. The fraction of sp³-hybridized carbons (Fsp3) is 0.200. The maximum Gasteiger partial charge on any atom is 0.143 e. The van der Waals surface area contributed by atoms with Crippen molar-refractivity contribution in [1.29, 1.82) is 0 Å². The van der Waals surface area contributed by atoms with E-state index in [-0.39, 0.29) is 23.8 Å². The van der Waals surface area contributed by atoms with E-state index >= 15 is 0 Å². The molecule has 0 fully saturated rings. The minimum absolute atomic E-state index is 0. The molecule has 0 unspecified atom stereocenters. The van der Waals surface area contributed by atoms with Gasteiger partial charge in [-0.05, 0) is 12.5 Å². The predicted octanol–water partition coefficient (Wildman–Crippen LogP) is 2.11. The van der Waals surface area contributed by atoms with Gasteiger partial charge < -0.3 is 16.6 Å². The van der Waals surface area contributed by atoms with Crippen molar-refractivity contribution < 1.29 is 9.50 Å². The maximum atomic E-state index is 12.9. The molecule has 0 aliphatic heterocycles. The van der Waals surface area contributed by atoms with Gasteiger partial charge in [0, 0.05) is 17.7 Å². The number of hydrogen-bond acceptors (Lipinski definition) is 3. The van der Waals surface area contributed by atoms with Gasteiger partial charge in [0.15, 0.2) is 0 Å². The molecule has 0 aromatic heterocycles. The Labute approximate surface area is 94.0 Å². The van der Waals surface area contributed by atoms with Crippen LogP contribution < -0.4 is 11.5 Å². The number of anilines is 1. The third-order valence-electron chi connectivity index (χ3n) is 1.95. The highest BCUT2D eigenvalue weighted by molar-refractivity contribution is 5.85. The number of hydrogen-bond donors (Lipinski definition) is 3. The van der Waals surface area contributed by atoms with Crippen molar-refractivity contribution in [3.05, 3.63) is 36.2 Å². The molecule has 1 rings (SSSR count). The molecular weight excluding hydrogens is 219 g/mol. The number of nitrogens with two attached hydrogens (primary N) is 2. The molecule has 0 saturated carbocycles. The van der Waals surface area contributed by atoms with Crippen molar-refractivity contribution in [2.45, 2.75) is 12.5 Å². The molecule has 0 spiro atoms. The van der Waals surface area contributed by atoms with Gasteiger partial charge in [0.1, 0.15) is 11.6 Å². The summed E-state index contributed by atoms with van der Waals surface area (Å²) in [6, 6.07) is 1.75. The average Bonchev–Trinajstić information content (AvgIpc) is 2.11. The van der Waals surface area contributed by atoms with Crippen molar-refractivity contribution in [2.75, 3.05) is 5.73 Å². The lowest BCUT2D eigenvalue weighted by Crippen LogP contribution is -2.10. The van der Waals surface area contributed by atoms with Crippen molar-refractivity contribution >= 4 is 18.1 Å². The summed E-state index contributed by atoms with van der Waals surface area (Å²) >= 11 is 0. The monoisotopic (exact) mass is 232 g/mol. The molecule has 1 aromatic carbocycles. The highest BCUT2D eigenvalue weighted by Gasteiger charge is 2.13. The zero-order valence-corrected chi connectivity index (χ0v) is 8.93. The summed E-state index contributed by atoms with van der Waals surface area (Å²) in [5.41, 5.74) is 11.4. The zero-order valence-electron chi connectivity index (χ0n) is 8.11. The summed E-state index contributed by atoms with van der Waals surface area (Å²) < 4.78 is 12.9. The molecule has 1 atom stereocenters. The van der Waals surface area contributed by atoms with Crippen molar-refractivity contribution in [3.63, 3.8) is 0 Å². The van der Waals surface area contributed by atoms with Crippen LogP contribution in [0.3, 0.4) is 0 Å². The van der Waals surface area contributed by atoms with E-state index in [2.05, 4.69) is 6.58 Å². The molecule has 5 N–H and O–H groups in total. The van der Waals surface area contributed by atoms with E-state index in [1.165, 1.54) is 6.07 Å². The third-order valence-corrected chi connectivity index (χ3v) is 1.95. The van der Waals surface area contributed by atoms with Gasteiger partial charge in [-0.25, -0.2) is 4.39 Å². The molecule has 15 heavy (non-hydrogen) atoms. The minimum atomic E-state index is -0.505. The number of halogens is 2. The second kappa shape index (κ2) is 5.58. The summed E-state index contributed by atoms with van der Waals surface area (Å²) in [7, 11) is 0. The predicted molar refractivity (Wildman–Crippen MR) is 61.5 cm³/mol. The lowest BCUT2D eigenvalue weighted by molar-refractivity contribution is 0.461. The Kier molecular flexibility index (Phi) is 5.11.